The summed E-state index contributed by atoms with van der Waals surface area (Å²) in [6.45, 7) is 6.10. The van der Waals surface area contributed by atoms with Crippen LogP contribution in [0.15, 0.2) is 42.7 Å². The molecule has 0 bridgehead atoms. The molecule has 2 aliphatic rings. The van der Waals surface area contributed by atoms with E-state index in [-0.39, 0.29) is 12.1 Å². The van der Waals surface area contributed by atoms with E-state index in [0.717, 1.165) is 44.4 Å². The van der Waals surface area contributed by atoms with Crippen molar-refractivity contribution in [1.29, 1.82) is 0 Å². The second-order valence-corrected chi connectivity index (χ2v) is 8.67. The van der Waals surface area contributed by atoms with E-state index in [1.807, 2.05) is 4.90 Å². The van der Waals surface area contributed by atoms with Crippen molar-refractivity contribution in [3.63, 3.8) is 0 Å². The first-order chi connectivity index (χ1) is 14.7. The lowest BCUT2D eigenvalue weighted by molar-refractivity contribution is -0.0172. The van der Waals surface area contributed by atoms with Crippen molar-refractivity contribution >= 4 is 6.09 Å². The summed E-state index contributed by atoms with van der Waals surface area (Å²) in [5.74, 6) is 0.954. The average molecular weight is 411 g/mol. The van der Waals surface area contributed by atoms with Crippen molar-refractivity contribution in [1.82, 2.24) is 9.47 Å². The highest BCUT2D eigenvalue weighted by atomic mass is 16.6. The fraction of sp³-hybridized carbons (Fsp3) is 0.560. The zero-order chi connectivity index (χ0) is 21.0. The Hall–Kier alpha value is -2.43. The van der Waals surface area contributed by atoms with Crippen molar-refractivity contribution in [2.45, 2.75) is 70.4 Å². The molecule has 1 aromatic carbocycles. The van der Waals surface area contributed by atoms with Crippen LogP contribution in [-0.2, 0) is 11.2 Å². The molecule has 30 heavy (non-hydrogen) atoms. The van der Waals surface area contributed by atoms with Gasteiger partial charge in [0, 0.05) is 24.5 Å². The monoisotopic (exact) mass is 410 g/mol. The quantitative estimate of drug-likeness (QED) is 0.559. The van der Waals surface area contributed by atoms with Crippen LogP contribution >= 0.6 is 0 Å². The summed E-state index contributed by atoms with van der Waals surface area (Å²) in [4.78, 5) is 14.5. The van der Waals surface area contributed by atoms with Gasteiger partial charge in [-0.05, 0) is 61.9 Å². The highest BCUT2D eigenvalue weighted by molar-refractivity contribution is 5.68. The predicted octanol–water partition coefficient (Wildman–Crippen LogP) is 5.58. The molecule has 1 aromatic heterocycles. The lowest BCUT2D eigenvalue weighted by atomic mass is 9.83. The van der Waals surface area contributed by atoms with Gasteiger partial charge in [-0.2, -0.15) is 0 Å². The molecular weight excluding hydrogens is 376 g/mol. The van der Waals surface area contributed by atoms with Crippen LogP contribution in [0.25, 0.3) is 0 Å². The Kier molecular flexibility index (Phi) is 6.35. The van der Waals surface area contributed by atoms with Gasteiger partial charge in [0.1, 0.15) is 11.8 Å². The van der Waals surface area contributed by atoms with Crippen LogP contribution in [0.1, 0.15) is 69.5 Å². The zero-order valence-corrected chi connectivity index (χ0v) is 18.3. The number of likely N-dealkylation sites (tertiary alicyclic amines) is 1. The fourth-order valence-corrected chi connectivity index (χ4v) is 4.86. The minimum absolute atomic E-state index is 0.0651. The molecule has 1 saturated heterocycles. The van der Waals surface area contributed by atoms with E-state index in [2.05, 4.69) is 61.1 Å². The lowest BCUT2D eigenvalue weighted by Gasteiger charge is -2.42. The number of fused-ring (bicyclic) bond motifs is 1. The topological polar surface area (TPSA) is 43.7 Å². The molecule has 5 nitrogen and oxygen atoms in total. The third-order valence-corrected chi connectivity index (χ3v) is 6.39. The number of aryl methyl sites for hydroxylation is 1. The summed E-state index contributed by atoms with van der Waals surface area (Å²) < 4.78 is 14.4. The minimum Gasteiger partial charge on any atom is -0.483 e. The summed E-state index contributed by atoms with van der Waals surface area (Å²) in [6, 6.07) is 10.8. The Morgan fingerprint density at radius 3 is 2.77 bits per heavy atom. The van der Waals surface area contributed by atoms with Crippen LogP contribution in [0.5, 0.6) is 5.75 Å². The third-order valence-electron chi connectivity index (χ3n) is 6.39. The van der Waals surface area contributed by atoms with E-state index >= 15 is 0 Å². The molecule has 2 atom stereocenters. The Bertz CT molecular complexity index is 848. The smallest absolute Gasteiger partial charge is 0.409 e. The van der Waals surface area contributed by atoms with Crippen LogP contribution in [0.2, 0.25) is 0 Å². The molecule has 2 aromatic rings. The number of benzene rings is 1. The van der Waals surface area contributed by atoms with Crippen LogP contribution in [0.4, 0.5) is 4.79 Å². The third kappa shape index (κ3) is 4.07. The number of hydrogen-bond acceptors (Lipinski definition) is 3. The normalized spacial score (nSPS) is 22.7. The standard InChI is InChI=1S/C25H34N2O3/c1-3-5-10-20-11-12-22-21(18-20)23(26-14-7-8-15-26)25(30-22)13-9-16-27(19-25)24(28)29-17-6-4-2/h7-8,11-12,14-15,18,23H,3-6,9-10,13,16-17,19H2,1-2H3. The average Bonchev–Trinajstić information content (AvgIpc) is 3.37. The highest BCUT2D eigenvalue weighted by Crippen LogP contribution is 2.50. The van der Waals surface area contributed by atoms with E-state index in [9.17, 15) is 4.79 Å². The van der Waals surface area contributed by atoms with Crippen molar-refractivity contribution in [3.8, 4) is 5.75 Å². The van der Waals surface area contributed by atoms with Gasteiger partial charge in [-0.1, -0.05) is 32.8 Å². The number of ether oxygens (including phenoxy) is 2. The molecule has 0 N–H and O–H groups in total. The predicted molar refractivity (Wildman–Crippen MR) is 118 cm³/mol. The molecule has 1 spiro atoms. The molecule has 1 fully saturated rings. The molecule has 0 saturated carbocycles. The van der Waals surface area contributed by atoms with Crippen LogP contribution in [0.3, 0.4) is 0 Å². The Labute approximate surface area is 180 Å². The fourth-order valence-electron chi connectivity index (χ4n) is 4.86. The van der Waals surface area contributed by atoms with Crippen LogP contribution in [-0.4, -0.2) is 40.9 Å². The van der Waals surface area contributed by atoms with E-state index in [1.165, 1.54) is 24.0 Å². The molecule has 2 aliphatic heterocycles. The summed E-state index contributed by atoms with van der Waals surface area (Å²) >= 11 is 0. The molecule has 0 aliphatic carbocycles. The van der Waals surface area contributed by atoms with Gasteiger partial charge in [0.15, 0.2) is 5.60 Å². The molecule has 1 amide bonds. The first-order valence-corrected chi connectivity index (χ1v) is 11.5. The molecule has 4 rings (SSSR count). The van der Waals surface area contributed by atoms with Crippen LogP contribution < -0.4 is 4.74 Å². The van der Waals surface area contributed by atoms with E-state index < -0.39 is 5.60 Å². The summed E-state index contributed by atoms with van der Waals surface area (Å²) in [7, 11) is 0. The number of piperidine rings is 1. The largest absolute Gasteiger partial charge is 0.483 e. The Morgan fingerprint density at radius 2 is 2.00 bits per heavy atom. The van der Waals surface area contributed by atoms with Crippen LogP contribution in [0, 0.1) is 0 Å². The Morgan fingerprint density at radius 1 is 1.20 bits per heavy atom. The number of rotatable bonds is 7. The first-order valence-electron chi connectivity index (χ1n) is 11.5. The van der Waals surface area contributed by atoms with Crippen molar-refractivity contribution in [3.05, 3.63) is 53.9 Å². The van der Waals surface area contributed by atoms with E-state index in [4.69, 9.17) is 9.47 Å². The van der Waals surface area contributed by atoms with Gasteiger partial charge in [-0.15, -0.1) is 0 Å². The van der Waals surface area contributed by atoms with Gasteiger partial charge in [-0.25, -0.2) is 4.79 Å². The van der Waals surface area contributed by atoms with Gasteiger partial charge >= 0.3 is 6.09 Å². The van der Waals surface area contributed by atoms with Gasteiger partial charge in [0.05, 0.1) is 13.2 Å². The van der Waals surface area contributed by atoms with Crippen molar-refractivity contribution in [2.24, 2.45) is 0 Å². The summed E-state index contributed by atoms with van der Waals surface area (Å²) in [6.07, 6.45) is 11.2. The molecule has 5 heteroatoms. The number of carbonyl (C=O) groups excluding carboxylic acids is 1. The van der Waals surface area contributed by atoms with Gasteiger partial charge in [0.25, 0.3) is 0 Å². The highest BCUT2D eigenvalue weighted by Gasteiger charge is 2.52. The summed E-state index contributed by atoms with van der Waals surface area (Å²) in [5, 5.41) is 0. The number of unbranched alkanes of at least 4 members (excludes halogenated alkanes) is 2. The Balaban J connectivity index is 1.62. The molecule has 3 heterocycles. The van der Waals surface area contributed by atoms with E-state index in [1.54, 1.807) is 0 Å². The lowest BCUT2D eigenvalue weighted by Crippen LogP contribution is -2.56. The van der Waals surface area contributed by atoms with Gasteiger partial charge in [-0.3, -0.25) is 0 Å². The molecule has 162 valence electrons. The van der Waals surface area contributed by atoms with E-state index in [0.29, 0.717) is 13.2 Å². The first kappa shape index (κ1) is 20.8. The maximum Gasteiger partial charge on any atom is 0.409 e. The minimum atomic E-state index is -0.452. The number of nitrogens with zero attached hydrogens (tertiary/aromatic N) is 2. The van der Waals surface area contributed by atoms with Crippen molar-refractivity contribution < 1.29 is 14.3 Å². The second kappa shape index (κ2) is 9.15. The van der Waals surface area contributed by atoms with Crippen molar-refractivity contribution in [2.75, 3.05) is 19.7 Å². The number of aromatic nitrogens is 1. The van der Waals surface area contributed by atoms with Gasteiger partial charge < -0.3 is 18.9 Å². The zero-order valence-electron chi connectivity index (χ0n) is 18.3. The molecule has 2 unspecified atom stereocenters. The summed E-state index contributed by atoms with van der Waals surface area (Å²) in [5.41, 5.74) is 2.15. The van der Waals surface area contributed by atoms with Gasteiger partial charge in [0.2, 0.25) is 0 Å². The number of hydrogen-bond donors (Lipinski definition) is 0. The SMILES string of the molecule is CCCCOC(=O)N1CCCC2(C1)Oc1ccc(CCCC)cc1C2n1cccc1. The maximum absolute atomic E-state index is 12.7. The second-order valence-electron chi connectivity index (χ2n) is 8.67. The molecular formula is C25H34N2O3. The molecule has 0 radical (unpaired) electrons. The maximum atomic E-state index is 12.7. The number of amides is 1. The number of carbonyl (C=O) groups is 1.